The molecule has 2 atom stereocenters. The van der Waals surface area contributed by atoms with Crippen molar-refractivity contribution in [1.82, 2.24) is 0 Å². The smallest absolute Gasteiger partial charge is 0.0732 e. The van der Waals surface area contributed by atoms with Gasteiger partial charge in [-0.05, 0) is 42.7 Å². The molecule has 2 unspecified atom stereocenters. The van der Waals surface area contributed by atoms with Crippen molar-refractivity contribution in [3.63, 3.8) is 0 Å². The summed E-state index contributed by atoms with van der Waals surface area (Å²) in [6, 6.07) is 8.18. The summed E-state index contributed by atoms with van der Waals surface area (Å²) in [4.78, 5) is 0. The van der Waals surface area contributed by atoms with Gasteiger partial charge in [0.25, 0.3) is 0 Å². The van der Waals surface area contributed by atoms with Crippen LogP contribution < -0.4 is 5.73 Å². The summed E-state index contributed by atoms with van der Waals surface area (Å²) in [7, 11) is 0. The Hall–Kier alpha value is -1.30. The molecule has 0 amide bonds. The molecule has 2 heteroatoms. The zero-order chi connectivity index (χ0) is 14.4. The number of rotatable bonds is 3. The van der Waals surface area contributed by atoms with Gasteiger partial charge in [-0.15, -0.1) is 0 Å². The van der Waals surface area contributed by atoms with Crippen molar-refractivity contribution in [3.8, 4) is 11.8 Å². The monoisotopic (exact) mass is 271 g/mol. The third-order valence-corrected chi connectivity index (χ3v) is 3.95. The van der Waals surface area contributed by atoms with E-state index < -0.39 is 0 Å². The highest BCUT2D eigenvalue weighted by Gasteiger charge is 2.24. The predicted octanol–water partition coefficient (Wildman–Crippen LogP) is 3.34. The lowest BCUT2D eigenvalue weighted by Gasteiger charge is -2.31. The molecular weight excluding hydrogens is 246 g/mol. The van der Waals surface area contributed by atoms with Crippen LogP contribution in [0.5, 0.6) is 0 Å². The number of hydrogen-bond acceptors (Lipinski definition) is 2. The number of hydrogen-bond donors (Lipinski definition) is 1. The molecule has 0 saturated heterocycles. The van der Waals surface area contributed by atoms with Crippen LogP contribution in [0.2, 0.25) is 0 Å². The van der Waals surface area contributed by atoms with Gasteiger partial charge in [-0.1, -0.05) is 43.9 Å². The lowest BCUT2D eigenvalue weighted by molar-refractivity contribution is -0.00922. The Morgan fingerprint density at radius 3 is 2.55 bits per heavy atom. The second-order valence-electron chi connectivity index (χ2n) is 6.01. The molecule has 0 spiro atoms. The van der Waals surface area contributed by atoms with E-state index in [0.29, 0.717) is 19.3 Å². The molecule has 1 aliphatic carbocycles. The molecule has 2 N–H and O–H groups in total. The molecule has 2 nitrogen and oxygen atoms in total. The van der Waals surface area contributed by atoms with Gasteiger partial charge in [0.2, 0.25) is 0 Å². The summed E-state index contributed by atoms with van der Waals surface area (Å²) in [6.07, 6.45) is 4.09. The van der Waals surface area contributed by atoms with Gasteiger partial charge >= 0.3 is 0 Å². The van der Waals surface area contributed by atoms with Gasteiger partial charge in [-0.3, -0.25) is 0 Å². The van der Waals surface area contributed by atoms with E-state index in [-0.39, 0.29) is 0 Å². The van der Waals surface area contributed by atoms with Gasteiger partial charge in [-0.2, -0.15) is 0 Å². The molecule has 0 radical (unpaired) electrons. The van der Waals surface area contributed by atoms with E-state index in [4.69, 9.17) is 10.5 Å². The molecule has 0 aliphatic heterocycles. The van der Waals surface area contributed by atoms with E-state index in [1.165, 1.54) is 24.8 Å². The van der Waals surface area contributed by atoms with Crippen molar-refractivity contribution in [2.45, 2.75) is 45.8 Å². The third-order valence-electron chi connectivity index (χ3n) is 3.95. The van der Waals surface area contributed by atoms with Crippen LogP contribution in [-0.4, -0.2) is 12.6 Å². The largest absolute Gasteiger partial charge is 0.373 e. The first-order valence-electron chi connectivity index (χ1n) is 7.57. The van der Waals surface area contributed by atoms with Crippen LogP contribution in [0.1, 0.15) is 44.2 Å². The fourth-order valence-corrected chi connectivity index (χ4v) is 3.13. The minimum atomic E-state index is 0.393. The maximum atomic E-state index is 6.13. The Morgan fingerprint density at radius 1 is 1.15 bits per heavy atom. The van der Waals surface area contributed by atoms with E-state index in [1.807, 2.05) is 18.2 Å². The van der Waals surface area contributed by atoms with Crippen LogP contribution >= 0.6 is 0 Å². The topological polar surface area (TPSA) is 35.2 Å². The van der Waals surface area contributed by atoms with Crippen LogP contribution in [0.15, 0.2) is 24.3 Å². The molecule has 0 aromatic heterocycles. The van der Waals surface area contributed by atoms with Crippen molar-refractivity contribution in [1.29, 1.82) is 0 Å². The summed E-state index contributed by atoms with van der Waals surface area (Å²) in [6.45, 7) is 5.70. The molecule has 2 rings (SSSR count). The fourth-order valence-electron chi connectivity index (χ4n) is 3.13. The van der Waals surface area contributed by atoms with Crippen molar-refractivity contribution in [2.24, 2.45) is 17.6 Å². The first-order valence-corrected chi connectivity index (χ1v) is 7.57. The highest BCUT2D eigenvalue weighted by molar-refractivity contribution is 5.41. The van der Waals surface area contributed by atoms with Crippen molar-refractivity contribution in [3.05, 3.63) is 35.4 Å². The van der Waals surface area contributed by atoms with Crippen LogP contribution in [0.25, 0.3) is 0 Å². The van der Waals surface area contributed by atoms with E-state index >= 15 is 0 Å². The van der Waals surface area contributed by atoms with Crippen LogP contribution in [0.4, 0.5) is 0 Å². The summed E-state index contributed by atoms with van der Waals surface area (Å²) < 4.78 is 6.13. The summed E-state index contributed by atoms with van der Waals surface area (Å²) in [5.74, 6) is 7.59. The number of ether oxygens (including phenoxy) is 1. The second kappa shape index (κ2) is 7.47. The molecule has 1 saturated carbocycles. The highest BCUT2D eigenvalue weighted by atomic mass is 16.5. The quantitative estimate of drug-likeness (QED) is 0.856. The predicted molar refractivity (Wildman–Crippen MR) is 83.1 cm³/mol. The van der Waals surface area contributed by atoms with Crippen LogP contribution in [0.3, 0.4) is 0 Å². The minimum Gasteiger partial charge on any atom is -0.373 e. The Balaban J connectivity index is 1.97. The first kappa shape index (κ1) is 15.1. The molecule has 1 aliphatic rings. The van der Waals surface area contributed by atoms with Crippen molar-refractivity contribution < 1.29 is 4.74 Å². The lowest BCUT2D eigenvalue weighted by Crippen LogP contribution is -2.26. The van der Waals surface area contributed by atoms with Crippen LogP contribution in [0, 0.1) is 23.7 Å². The van der Waals surface area contributed by atoms with E-state index in [2.05, 4.69) is 31.8 Å². The summed E-state index contributed by atoms with van der Waals surface area (Å²) in [5.41, 5.74) is 7.65. The molecule has 0 heterocycles. The lowest BCUT2D eigenvalue weighted by atomic mass is 9.82. The molecule has 1 fully saturated rings. The first-order chi connectivity index (χ1) is 9.69. The van der Waals surface area contributed by atoms with Gasteiger partial charge < -0.3 is 10.5 Å². The fraction of sp³-hybridized carbons (Fsp3) is 0.556. The zero-order valence-corrected chi connectivity index (χ0v) is 12.6. The maximum Gasteiger partial charge on any atom is 0.0732 e. The van der Waals surface area contributed by atoms with E-state index in [1.54, 1.807) is 0 Å². The average Bonchev–Trinajstić information content (AvgIpc) is 2.43. The molecule has 1 aromatic rings. The van der Waals surface area contributed by atoms with Gasteiger partial charge in [0, 0.05) is 5.56 Å². The van der Waals surface area contributed by atoms with Gasteiger partial charge in [-0.25, -0.2) is 0 Å². The molecule has 0 bridgehead atoms. The standard InChI is InChI=1S/C18H25NO/c1-14-10-15(2)12-18(11-14)20-13-17-7-4-3-6-16(17)8-5-9-19/h3-4,6-7,14-15,18H,9-13,19H2,1-2H3. The van der Waals surface area contributed by atoms with Gasteiger partial charge in [0.05, 0.1) is 19.3 Å². The normalized spacial score (nSPS) is 25.9. The Morgan fingerprint density at radius 2 is 1.85 bits per heavy atom. The van der Waals surface area contributed by atoms with Crippen molar-refractivity contribution >= 4 is 0 Å². The van der Waals surface area contributed by atoms with Gasteiger partial charge in [0.1, 0.15) is 0 Å². The number of benzene rings is 1. The minimum absolute atomic E-state index is 0.393. The summed E-state index contributed by atoms with van der Waals surface area (Å²) in [5, 5.41) is 0. The van der Waals surface area contributed by atoms with E-state index in [9.17, 15) is 0 Å². The SMILES string of the molecule is CC1CC(C)CC(OCc2ccccc2C#CCN)C1. The molecule has 1 aromatic carbocycles. The van der Waals surface area contributed by atoms with Crippen LogP contribution in [-0.2, 0) is 11.3 Å². The Labute approximate surface area is 122 Å². The third kappa shape index (κ3) is 4.37. The second-order valence-corrected chi connectivity index (χ2v) is 6.01. The Kier molecular flexibility index (Phi) is 5.64. The maximum absolute atomic E-state index is 6.13. The average molecular weight is 271 g/mol. The molecular formula is C18H25NO. The van der Waals surface area contributed by atoms with Crippen molar-refractivity contribution in [2.75, 3.05) is 6.54 Å². The Bertz CT molecular complexity index is 476. The number of nitrogens with two attached hydrogens (primary N) is 1. The highest BCUT2D eigenvalue weighted by Crippen LogP contribution is 2.30. The van der Waals surface area contributed by atoms with E-state index in [0.717, 1.165) is 17.4 Å². The molecule has 20 heavy (non-hydrogen) atoms. The van der Waals surface area contributed by atoms with Gasteiger partial charge in [0.15, 0.2) is 0 Å². The summed E-state index contributed by atoms with van der Waals surface area (Å²) >= 11 is 0. The zero-order valence-electron chi connectivity index (χ0n) is 12.6. The molecule has 108 valence electrons.